The molecule has 1 aromatic carbocycles. The normalized spacial score (nSPS) is 34.9. The van der Waals surface area contributed by atoms with Crippen molar-refractivity contribution < 1.29 is 4.57 Å². The SMILES string of the molecule is C[C@H]1C[P@@](=O)(c2ccccc2)C1(C)C. The summed E-state index contributed by atoms with van der Waals surface area (Å²) in [6.07, 6.45) is 0.879. The highest BCUT2D eigenvalue weighted by molar-refractivity contribution is 7.74. The second-order valence-electron chi connectivity index (χ2n) is 4.81. The lowest BCUT2D eigenvalue weighted by Gasteiger charge is -2.50. The molecule has 2 atom stereocenters. The summed E-state index contributed by atoms with van der Waals surface area (Å²) in [7, 11) is -2.10. The van der Waals surface area contributed by atoms with Gasteiger partial charge in [0.2, 0.25) is 0 Å². The zero-order valence-electron chi connectivity index (χ0n) is 9.03. The van der Waals surface area contributed by atoms with Crippen LogP contribution in [0.4, 0.5) is 0 Å². The summed E-state index contributed by atoms with van der Waals surface area (Å²) in [6.45, 7) is 6.46. The van der Waals surface area contributed by atoms with Crippen molar-refractivity contribution in [3.8, 4) is 0 Å². The number of hydrogen-bond acceptors (Lipinski definition) is 1. The smallest absolute Gasteiger partial charge is 0.121 e. The average Bonchev–Trinajstić information content (AvgIpc) is 2.19. The van der Waals surface area contributed by atoms with Crippen LogP contribution in [0.2, 0.25) is 0 Å². The Labute approximate surface area is 85.9 Å². The Balaban J connectivity index is 2.42. The largest absolute Gasteiger partial charge is 0.318 e. The van der Waals surface area contributed by atoms with E-state index in [0.29, 0.717) is 5.92 Å². The van der Waals surface area contributed by atoms with Gasteiger partial charge in [0.25, 0.3) is 0 Å². The van der Waals surface area contributed by atoms with Crippen molar-refractivity contribution in [3.05, 3.63) is 30.3 Å². The van der Waals surface area contributed by atoms with Crippen LogP contribution in [0.3, 0.4) is 0 Å². The summed E-state index contributed by atoms with van der Waals surface area (Å²) in [5.74, 6) is 0.577. The molecule has 1 aliphatic heterocycles. The van der Waals surface area contributed by atoms with E-state index in [4.69, 9.17) is 0 Å². The molecule has 0 aliphatic carbocycles. The Kier molecular flexibility index (Phi) is 2.12. The molecule has 1 aromatic rings. The van der Waals surface area contributed by atoms with E-state index in [1.165, 1.54) is 0 Å². The molecule has 0 bridgehead atoms. The minimum atomic E-state index is -2.10. The Hall–Kier alpha value is -0.550. The van der Waals surface area contributed by atoms with Crippen molar-refractivity contribution in [2.45, 2.75) is 25.9 Å². The van der Waals surface area contributed by atoms with Crippen LogP contribution in [0.25, 0.3) is 0 Å². The van der Waals surface area contributed by atoms with Gasteiger partial charge in [-0.2, -0.15) is 0 Å². The zero-order valence-corrected chi connectivity index (χ0v) is 9.92. The maximum atomic E-state index is 12.7. The molecule has 0 radical (unpaired) electrons. The highest BCUT2D eigenvalue weighted by Gasteiger charge is 2.55. The van der Waals surface area contributed by atoms with Gasteiger partial charge in [-0.1, -0.05) is 51.1 Å². The van der Waals surface area contributed by atoms with Gasteiger partial charge < -0.3 is 4.57 Å². The first-order valence-corrected chi connectivity index (χ1v) is 7.02. The highest BCUT2D eigenvalue weighted by Crippen LogP contribution is 2.70. The first-order valence-electron chi connectivity index (χ1n) is 5.13. The standard InChI is InChI=1S/C12H17OP/c1-10-9-14(13,12(10,2)3)11-7-5-4-6-8-11/h4-8,10H,9H2,1-3H3/t10-,14+/m0/s1. The molecule has 2 rings (SSSR count). The molecule has 0 amide bonds. The molecule has 0 aromatic heterocycles. The summed E-state index contributed by atoms with van der Waals surface area (Å²) in [4.78, 5) is 0. The maximum absolute atomic E-state index is 12.7. The van der Waals surface area contributed by atoms with Gasteiger partial charge >= 0.3 is 0 Å². The first kappa shape index (κ1) is 9.98. The van der Waals surface area contributed by atoms with Crippen LogP contribution in [-0.2, 0) is 4.57 Å². The van der Waals surface area contributed by atoms with E-state index in [1.54, 1.807) is 0 Å². The van der Waals surface area contributed by atoms with E-state index >= 15 is 0 Å². The van der Waals surface area contributed by atoms with Gasteiger partial charge in [-0.15, -0.1) is 0 Å². The summed E-state index contributed by atoms with van der Waals surface area (Å²) in [5.41, 5.74) is 0. The van der Waals surface area contributed by atoms with Crippen LogP contribution in [-0.4, -0.2) is 11.3 Å². The number of benzene rings is 1. The van der Waals surface area contributed by atoms with Gasteiger partial charge in [0, 0.05) is 16.6 Å². The predicted octanol–water partition coefficient (Wildman–Crippen LogP) is 3.10. The third-order valence-electron chi connectivity index (χ3n) is 3.84. The fraction of sp³-hybridized carbons (Fsp3) is 0.500. The van der Waals surface area contributed by atoms with Crippen LogP contribution in [0.15, 0.2) is 30.3 Å². The van der Waals surface area contributed by atoms with Gasteiger partial charge in [0.1, 0.15) is 7.14 Å². The van der Waals surface area contributed by atoms with Crippen LogP contribution in [0.5, 0.6) is 0 Å². The van der Waals surface area contributed by atoms with Gasteiger partial charge in [-0.05, 0) is 5.92 Å². The zero-order chi connectivity index (χ0) is 10.4. The Bertz CT molecular complexity index is 381. The third-order valence-corrected chi connectivity index (χ3v) is 8.34. The molecule has 0 N–H and O–H groups in total. The van der Waals surface area contributed by atoms with Crippen LogP contribution >= 0.6 is 7.14 Å². The lowest BCUT2D eigenvalue weighted by molar-refractivity contribution is 0.403. The van der Waals surface area contributed by atoms with Crippen molar-refractivity contribution in [1.82, 2.24) is 0 Å². The summed E-state index contributed by atoms with van der Waals surface area (Å²) < 4.78 is 12.7. The first-order chi connectivity index (χ1) is 6.48. The monoisotopic (exact) mass is 208 g/mol. The van der Waals surface area contributed by atoms with E-state index in [1.807, 2.05) is 30.3 Å². The lowest BCUT2D eigenvalue weighted by atomic mass is 9.97. The van der Waals surface area contributed by atoms with Crippen molar-refractivity contribution in [1.29, 1.82) is 0 Å². The number of rotatable bonds is 1. The minimum absolute atomic E-state index is 0.00560. The van der Waals surface area contributed by atoms with E-state index in [2.05, 4.69) is 20.8 Å². The van der Waals surface area contributed by atoms with Gasteiger partial charge in [-0.25, -0.2) is 0 Å². The quantitative estimate of drug-likeness (QED) is 0.648. The highest BCUT2D eigenvalue weighted by atomic mass is 31.2. The molecule has 2 heteroatoms. The second kappa shape index (κ2) is 2.97. The van der Waals surface area contributed by atoms with Crippen LogP contribution < -0.4 is 5.30 Å². The molecule has 1 heterocycles. The van der Waals surface area contributed by atoms with Crippen molar-refractivity contribution in [2.75, 3.05) is 6.16 Å². The van der Waals surface area contributed by atoms with Crippen LogP contribution in [0, 0.1) is 5.92 Å². The molecule has 1 fully saturated rings. The van der Waals surface area contributed by atoms with Crippen LogP contribution in [0.1, 0.15) is 20.8 Å². The van der Waals surface area contributed by atoms with Gasteiger partial charge in [-0.3, -0.25) is 0 Å². The van der Waals surface area contributed by atoms with Gasteiger partial charge in [0.05, 0.1) is 0 Å². The molecule has 76 valence electrons. The summed E-state index contributed by atoms with van der Waals surface area (Å²) in [6, 6.07) is 9.96. The molecule has 14 heavy (non-hydrogen) atoms. The van der Waals surface area contributed by atoms with E-state index < -0.39 is 7.14 Å². The topological polar surface area (TPSA) is 17.1 Å². The Morgan fingerprint density at radius 1 is 1.29 bits per heavy atom. The number of hydrogen-bond donors (Lipinski definition) is 0. The van der Waals surface area contributed by atoms with Crippen molar-refractivity contribution in [3.63, 3.8) is 0 Å². The predicted molar refractivity (Wildman–Crippen MR) is 61.8 cm³/mol. The minimum Gasteiger partial charge on any atom is -0.318 e. The Morgan fingerprint density at radius 3 is 2.29 bits per heavy atom. The molecule has 0 saturated carbocycles. The molecule has 1 saturated heterocycles. The fourth-order valence-electron chi connectivity index (χ4n) is 2.19. The molecular formula is C12H17OP. The van der Waals surface area contributed by atoms with Crippen molar-refractivity contribution >= 4 is 12.4 Å². The average molecular weight is 208 g/mol. The summed E-state index contributed by atoms with van der Waals surface area (Å²) >= 11 is 0. The third kappa shape index (κ3) is 1.12. The van der Waals surface area contributed by atoms with E-state index in [9.17, 15) is 4.57 Å². The molecular weight excluding hydrogens is 191 g/mol. The molecule has 1 nitrogen and oxygen atoms in total. The second-order valence-corrected chi connectivity index (χ2v) is 8.33. The van der Waals surface area contributed by atoms with E-state index in [0.717, 1.165) is 11.5 Å². The molecule has 1 aliphatic rings. The maximum Gasteiger partial charge on any atom is 0.121 e. The molecule has 0 unspecified atom stereocenters. The lowest BCUT2D eigenvalue weighted by Crippen LogP contribution is -2.47. The van der Waals surface area contributed by atoms with E-state index in [-0.39, 0.29) is 5.16 Å². The fourth-order valence-corrected chi connectivity index (χ4v) is 5.90. The summed E-state index contributed by atoms with van der Waals surface area (Å²) in [5, 5.41) is 1.05. The Morgan fingerprint density at radius 2 is 1.86 bits per heavy atom. The molecule has 0 spiro atoms. The van der Waals surface area contributed by atoms with Gasteiger partial charge in [0.15, 0.2) is 0 Å². The van der Waals surface area contributed by atoms with Crippen molar-refractivity contribution in [2.24, 2.45) is 5.92 Å².